The van der Waals surface area contributed by atoms with Crippen LogP contribution in [-0.2, 0) is 139 Å². The summed E-state index contributed by atoms with van der Waals surface area (Å²) in [6.07, 6.45) is -2.93. The molecule has 754 valence electrons. The van der Waals surface area contributed by atoms with Crippen LogP contribution in [-0.4, -0.2) is 97.9 Å². The summed E-state index contributed by atoms with van der Waals surface area (Å²) in [5, 5.41) is 42.4. The molecule has 17 aromatic rings. The molecule has 2 unspecified atom stereocenters. The van der Waals surface area contributed by atoms with Crippen LogP contribution in [0.2, 0.25) is 0 Å². The maximum atomic E-state index is 14.2. The predicted molar refractivity (Wildman–Crippen MR) is 500 cm³/mol. The maximum Gasteiger partial charge on any atom is 2.00 e. The van der Waals surface area contributed by atoms with Crippen LogP contribution < -0.4 is 0 Å². The number of carbonyl (C=O) groups is 1. The number of hydrogen-bond donors (Lipinski definition) is 3. The number of aliphatic hydroxyl groups excluding tert-OH is 2. The van der Waals surface area contributed by atoms with Gasteiger partial charge in [-0.2, -0.15) is 37.7 Å². The number of aliphatic hydroxyl groups is 2. The Balaban J connectivity index is 0.000000244. The summed E-state index contributed by atoms with van der Waals surface area (Å²) in [5.74, 6) is -5.31. The van der Waals surface area contributed by atoms with Crippen molar-refractivity contribution in [1.82, 2.24) is 64.4 Å². The normalized spacial score (nSPS) is 11.5. The van der Waals surface area contributed by atoms with E-state index >= 15 is 0 Å². The number of carboxylic acids is 1. The van der Waals surface area contributed by atoms with Gasteiger partial charge in [0.15, 0.2) is 0 Å². The number of hydrogen-bond acceptors (Lipinski definition) is 15. The summed E-state index contributed by atoms with van der Waals surface area (Å²) >= 11 is 0. The van der Waals surface area contributed by atoms with Gasteiger partial charge in [0, 0.05) is 145 Å². The van der Waals surface area contributed by atoms with E-state index in [0.29, 0.717) is 68.9 Å². The van der Waals surface area contributed by atoms with Crippen molar-refractivity contribution >= 4 is 11.7 Å². The van der Waals surface area contributed by atoms with Crippen molar-refractivity contribution in [2.75, 3.05) is 0 Å². The van der Waals surface area contributed by atoms with E-state index in [0.717, 1.165) is 103 Å². The molecule has 0 saturated heterocycles. The molecule has 0 radical (unpaired) electrons. The van der Waals surface area contributed by atoms with Crippen LogP contribution in [0.15, 0.2) is 279 Å². The third kappa shape index (κ3) is 31.3. The number of alkyl halides is 6. The monoisotopic (exact) mass is 2870 g/mol. The molecule has 6 aromatic carbocycles. The second-order valence-corrected chi connectivity index (χ2v) is 33.4. The summed E-state index contributed by atoms with van der Waals surface area (Å²) in [6.45, 7) is 25.7. The van der Waals surface area contributed by atoms with Gasteiger partial charge in [-0.05, 0) is 176 Å². The number of aromatic carboxylic acids is 1. The molecule has 3 N–H and O–H groups in total. The van der Waals surface area contributed by atoms with Gasteiger partial charge in [-0.3, -0.25) is 51.4 Å². The van der Waals surface area contributed by atoms with E-state index in [4.69, 9.17) is 31.9 Å². The van der Waals surface area contributed by atoms with Crippen molar-refractivity contribution < 1.29 is 178 Å². The fourth-order valence-electron chi connectivity index (χ4n) is 13.8. The van der Waals surface area contributed by atoms with Crippen molar-refractivity contribution in [2.45, 2.75) is 122 Å². The van der Waals surface area contributed by atoms with Crippen molar-refractivity contribution in [2.24, 2.45) is 0 Å². The zero-order chi connectivity index (χ0) is 101. The van der Waals surface area contributed by atoms with Crippen LogP contribution in [0.4, 0.5) is 58.4 Å². The van der Waals surface area contributed by atoms with E-state index in [-0.39, 0.29) is 152 Å². The Kier molecular flexibility index (Phi) is 43.3. The molecule has 36 heteroatoms. The molecule has 0 fully saturated rings. The zero-order valence-electron chi connectivity index (χ0n) is 78.0. The number of benzene rings is 6. The zero-order valence-corrected chi connectivity index (χ0v) is 89.4. The molecule has 11 aromatic heterocycles. The van der Waals surface area contributed by atoms with Crippen LogP contribution in [0.1, 0.15) is 149 Å². The molecule has 0 bridgehead atoms. The average Bonchev–Trinajstić information content (AvgIpc) is 1.41. The Morgan fingerprint density at radius 2 is 0.731 bits per heavy atom. The Labute approximate surface area is 901 Å². The standard InChI is InChI=1S/C27H18N4.C25H16F4N2.C21H14F6N6.C20H15F2N2O2.C11H8N.C5H12O2.5Pt/c1-27(2,25-14-6-12-23(30-25)20-9-4-8-19(16-20)18-28)26-15-7-13-24(31-26)21-10-5-11-22(17-21)29-3;1-25(2,23-7-3-5-21(30-23)17-11-9-15(26)13-19(17)28)24-8-4-6-22(31-24)18-12-10-16(27)14-20(18)29;1-19(2,13-5-3-7-17(28-13)32-11-9-15(30-32)20(22,23)24)14-6-4-8-18(29-14)33-12-10-16(31-33)21(25,26)27;1-20(2,18-8-4-6-16(24-18)19(25)26)17-7-3-5-15(23-17)13-10-9-12(21)11-14(13)22;1-2-6-10(7-3-1)11-8-4-5-9-12-11;1-4(6)3-5(2)7;;;;;/h4-8,11-17H,1-2H3;3-10,13-14H,1-2H3;3-10H,1-2H3;3-9,11H,1-2H3,(H,25,26);1-6,8-9H;4-7H,3H2,1-2H3;;;;;/q3*-2;2*-1;;;;3*+2. The molecule has 0 spiro atoms. The summed E-state index contributed by atoms with van der Waals surface area (Å²) < 4.78 is 161. The van der Waals surface area contributed by atoms with Gasteiger partial charge >= 0.3 is 81.5 Å². The van der Waals surface area contributed by atoms with Crippen LogP contribution in [0.25, 0.3) is 84.0 Å². The van der Waals surface area contributed by atoms with E-state index in [9.17, 15) is 62.7 Å². The van der Waals surface area contributed by atoms with Crippen molar-refractivity contribution in [3.63, 3.8) is 0 Å². The number of aromatic nitrogens is 13. The first-order chi connectivity index (χ1) is 66.5. The molecule has 0 amide bonds. The largest absolute Gasteiger partial charge is 2.00 e. The fourth-order valence-corrected chi connectivity index (χ4v) is 13.8. The maximum absolute atomic E-state index is 14.2. The van der Waals surface area contributed by atoms with E-state index in [1.807, 2.05) is 107 Å². The van der Waals surface area contributed by atoms with E-state index < -0.39 is 86.3 Å². The first kappa shape index (κ1) is 119. The number of rotatable bonds is 19. The third-order valence-corrected chi connectivity index (χ3v) is 21.5. The second-order valence-electron chi connectivity index (χ2n) is 33.4. The first-order valence-electron chi connectivity index (χ1n) is 42.8. The molecular weight excluding hydrogens is 2790 g/mol. The van der Waals surface area contributed by atoms with Crippen molar-refractivity contribution in [3.05, 3.63) is 442 Å². The average molecular weight is 2870 g/mol. The Hall–Kier alpha value is -12.9. The molecule has 17 rings (SSSR count). The number of pyridine rings is 9. The number of nitrogens with zero attached hydrogens (tertiary/aromatic N) is 15. The molecule has 0 saturated carbocycles. The molecule has 0 aliphatic heterocycles. The van der Waals surface area contributed by atoms with E-state index in [2.05, 4.69) is 119 Å². The minimum Gasteiger partial charge on any atom is -0.477 e. The molecular formula is C109H83F12N15O4Pt5-2. The van der Waals surface area contributed by atoms with Crippen LogP contribution in [0, 0.1) is 102 Å². The summed E-state index contributed by atoms with van der Waals surface area (Å²) in [4.78, 5) is 55.2. The van der Waals surface area contributed by atoms with Gasteiger partial charge in [0.25, 0.3) is 0 Å². The van der Waals surface area contributed by atoms with E-state index in [1.165, 1.54) is 18.2 Å². The first-order valence-corrected chi connectivity index (χ1v) is 42.8. The predicted octanol–water partition coefficient (Wildman–Crippen LogP) is 24.2. The van der Waals surface area contributed by atoms with Gasteiger partial charge in [-0.1, -0.05) is 150 Å². The second kappa shape index (κ2) is 52.7. The Morgan fingerprint density at radius 3 is 1.06 bits per heavy atom. The topological polar surface area (TPSA) is 258 Å². The summed E-state index contributed by atoms with van der Waals surface area (Å²) in [7, 11) is 0. The van der Waals surface area contributed by atoms with Gasteiger partial charge in [0.1, 0.15) is 11.4 Å². The van der Waals surface area contributed by atoms with Gasteiger partial charge < -0.3 is 54.6 Å². The summed E-state index contributed by atoms with van der Waals surface area (Å²) in [5.41, 5.74) is 7.16. The molecule has 11 heterocycles. The molecule has 145 heavy (non-hydrogen) atoms. The minimum atomic E-state index is -4.61. The summed E-state index contributed by atoms with van der Waals surface area (Å²) in [6, 6.07) is 91.7. The van der Waals surface area contributed by atoms with Gasteiger partial charge in [0.2, 0.25) is 0 Å². The van der Waals surface area contributed by atoms with Gasteiger partial charge in [-0.25, -0.2) is 9.78 Å². The Morgan fingerprint density at radius 1 is 0.393 bits per heavy atom. The van der Waals surface area contributed by atoms with Crippen LogP contribution in [0.5, 0.6) is 0 Å². The molecule has 19 nitrogen and oxygen atoms in total. The van der Waals surface area contributed by atoms with Crippen LogP contribution >= 0.6 is 0 Å². The number of nitriles is 1. The quantitative estimate of drug-likeness (QED) is 0.0502. The van der Waals surface area contributed by atoms with Gasteiger partial charge in [0.05, 0.1) is 53.6 Å². The smallest absolute Gasteiger partial charge is 0.477 e. The SMILES string of the molecule is CC(C)(c1cccc(-c2[c-]cc(F)cc2F)n1)c1cccc(-c2[c-]cc(F)cc2F)n1.CC(C)(c1cccc(-n2[c-]cc(C(F)(F)F)n2)n1)c1cccc(-n2[c-]cc(C(F)(F)F)n2)n1.CC(C)(c1cccc(C(=O)O)n1)c1cccc(-c2[c-]cc(F)cc2F)n1.CC(O)CC(C)O.[C-]#[N+]c1cc[c-]c(-c2cccc(C(C)(C)c3cccc(-c4[c-]ccc(C#N)c4)n3)n2)c1.[Pt+2].[Pt+2].[Pt+2].[Pt].[Pt].[c-]1ccccc1-c1ccccn1. The van der Waals surface area contributed by atoms with Crippen molar-refractivity contribution in [1.29, 1.82) is 5.26 Å². The fraction of sp³-hybridized carbons (Fsp3) is 0.174. The molecule has 2 atom stereocenters. The Bertz CT molecular complexity index is 6970. The number of carboxylic acid groups (broad SMARTS) is 1. The number of halogens is 12. The minimum absolute atomic E-state index is 0. The van der Waals surface area contributed by atoms with E-state index in [1.54, 1.807) is 161 Å². The van der Waals surface area contributed by atoms with Gasteiger partial charge in [-0.15, -0.1) is 138 Å². The van der Waals surface area contributed by atoms with Crippen LogP contribution in [0.3, 0.4) is 0 Å². The molecule has 0 aliphatic carbocycles. The molecule has 0 aliphatic rings. The van der Waals surface area contributed by atoms with Crippen molar-refractivity contribution in [3.8, 4) is 85.2 Å². The third-order valence-electron chi connectivity index (χ3n) is 21.5.